The Balaban J connectivity index is 2.46. The lowest BCUT2D eigenvalue weighted by molar-refractivity contribution is -0.126. The van der Waals surface area contributed by atoms with Crippen LogP contribution in [-0.2, 0) is 10.2 Å². The highest BCUT2D eigenvalue weighted by atomic mass is 35.5. The van der Waals surface area contributed by atoms with Gasteiger partial charge in [0.05, 0.1) is 11.5 Å². The number of hydrogen-bond acceptors (Lipinski definition) is 3. The molecule has 0 unspecified atom stereocenters. The number of ketones is 1. The van der Waals surface area contributed by atoms with E-state index in [1.165, 1.54) is 12.1 Å². The van der Waals surface area contributed by atoms with Gasteiger partial charge in [-0.1, -0.05) is 17.7 Å². The summed E-state index contributed by atoms with van der Waals surface area (Å²) >= 11 is 5.93. The number of phenols is 1. The standard InChI is InChI=1S/C11H8ClNO2/c12-10-3-7(14)1-2-9(10)11(6-13)4-8(15)5-11/h1-3,14H,4-5H2. The molecule has 4 heteroatoms. The molecule has 1 aliphatic carbocycles. The second-order valence-electron chi connectivity index (χ2n) is 3.75. The number of nitrogens with zero attached hydrogens (tertiary/aromatic N) is 1. The van der Waals surface area contributed by atoms with E-state index in [1.807, 2.05) is 0 Å². The normalized spacial score (nSPS) is 18.0. The predicted octanol–water partition coefficient (Wildman–Crippen LogP) is 2.17. The average molecular weight is 222 g/mol. The third kappa shape index (κ3) is 1.47. The van der Waals surface area contributed by atoms with Gasteiger partial charge < -0.3 is 5.11 Å². The molecule has 0 radical (unpaired) electrons. The van der Waals surface area contributed by atoms with E-state index in [9.17, 15) is 9.90 Å². The van der Waals surface area contributed by atoms with E-state index >= 15 is 0 Å². The van der Waals surface area contributed by atoms with Crippen molar-refractivity contribution in [3.63, 3.8) is 0 Å². The molecule has 1 aromatic rings. The first-order chi connectivity index (χ1) is 7.07. The highest BCUT2D eigenvalue weighted by molar-refractivity contribution is 6.31. The van der Waals surface area contributed by atoms with E-state index in [4.69, 9.17) is 16.9 Å². The Morgan fingerprint density at radius 1 is 1.47 bits per heavy atom. The molecule has 0 saturated heterocycles. The van der Waals surface area contributed by atoms with Gasteiger partial charge >= 0.3 is 0 Å². The first kappa shape index (κ1) is 10.0. The van der Waals surface area contributed by atoms with Gasteiger partial charge in [0.25, 0.3) is 0 Å². The maximum atomic E-state index is 11.0. The number of aromatic hydroxyl groups is 1. The van der Waals surface area contributed by atoms with Crippen molar-refractivity contribution in [1.29, 1.82) is 5.26 Å². The van der Waals surface area contributed by atoms with Crippen LogP contribution in [0.1, 0.15) is 18.4 Å². The Morgan fingerprint density at radius 3 is 2.60 bits per heavy atom. The van der Waals surface area contributed by atoms with Crippen molar-refractivity contribution in [3.05, 3.63) is 28.8 Å². The number of carbonyl (C=O) groups excluding carboxylic acids is 1. The molecule has 0 aliphatic heterocycles. The van der Waals surface area contributed by atoms with Gasteiger partial charge in [-0.15, -0.1) is 0 Å². The van der Waals surface area contributed by atoms with Crippen LogP contribution in [-0.4, -0.2) is 10.9 Å². The topological polar surface area (TPSA) is 61.1 Å². The van der Waals surface area contributed by atoms with E-state index in [2.05, 4.69) is 6.07 Å². The van der Waals surface area contributed by atoms with Crippen LogP contribution in [0.15, 0.2) is 18.2 Å². The molecule has 0 bridgehead atoms. The molecule has 0 atom stereocenters. The van der Waals surface area contributed by atoms with Crippen molar-refractivity contribution in [1.82, 2.24) is 0 Å². The molecule has 3 nitrogen and oxygen atoms in total. The van der Waals surface area contributed by atoms with Gasteiger partial charge in [0.1, 0.15) is 11.5 Å². The lowest BCUT2D eigenvalue weighted by Gasteiger charge is -2.34. The molecule has 1 fully saturated rings. The Kier molecular flexibility index (Phi) is 2.17. The monoisotopic (exact) mass is 221 g/mol. The fourth-order valence-corrected chi connectivity index (χ4v) is 2.20. The number of rotatable bonds is 1. The van der Waals surface area contributed by atoms with Crippen molar-refractivity contribution in [2.45, 2.75) is 18.3 Å². The van der Waals surface area contributed by atoms with Crippen molar-refractivity contribution in [2.75, 3.05) is 0 Å². The summed E-state index contributed by atoms with van der Waals surface area (Å²) in [5.74, 6) is 0.128. The zero-order valence-electron chi connectivity index (χ0n) is 7.83. The molecule has 1 aromatic carbocycles. The smallest absolute Gasteiger partial charge is 0.136 e. The largest absolute Gasteiger partial charge is 0.508 e. The van der Waals surface area contributed by atoms with Gasteiger partial charge in [-0.25, -0.2) is 0 Å². The fourth-order valence-electron chi connectivity index (χ4n) is 1.84. The minimum atomic E-state index is -0.776. The van der Waals surface area contributed by atoms with Gasteiger partial charge in [-0.05, 0) is 17.7 Å². The van der Waals surface area contributed by atoms with E-state index < -0.39 is 5.41 Å². The van der Waals surface area contributed by atoms with Crippen LogP contribution in [0.4, 0.5) is 0 Å². The highest BCUT2D eigenvalue weighted by Crippen LogP contribution is 2.44. The maximum absolute atomic E-state index is 11.0. The van der Waals surface area contributed by atoms with Crippen molar-refractivity contribution in [2.24, 2.45) is 0 Å². The number of Topliss-reactive ketones (excluding diaryl/α,β-unsaturated/α-hetero) is 1. The predicted molar refractivity (Wildman–Crippen MR) is 54.6 cm³/mol. The molecule has 0 heterocycles. The quantitative estimate of drug-likeness (QED) is 0.791. The SMILES string of the molecule is N#CC1(c2ccc(O)cc2Cl)CC(=O)C1. The van der Waals surface area contributed by atoms with Crippen LogP contribution in [0.3, 0.4) is 0 Å². The Hall–Kier alpha value is -1.53. The van der Waals surface area contributed by atoms with Gasteiger partial charge in [-0.2, -0.15) is 5.26 Å². The van der Waals surface area contributed by atoms with E-state index in [-0.39, 0.29) is 24.4 Å². The summed E-state index contributed by atoms with van der Waals surface area (Å²) < 4.78 is 0. The Bertz CT molecular complexity index is 468. The number of halogens is 1. The number of hydrogen-bond donors (Lipinski definition) is 1. The summed E-state index contributed by atoms with van der Waals surface area (Å²) in [7, 11) is 0. The van der Waals surface area contributed by atoms with Crippen LogP contribution in [0.2, 0.25) is 5.02 Å². The van der Waals surface area contributed by atoms with Gasteiger partial charge in [0.15, 0.2) is 0 Å². The van der Waals surface area contributed by atoms with E-state index in [0.29, 0.717) is 10.6 Å². The molecular formula is C11H8ClNO2. The summed E-state index contributed by atoms with van der Waals surface area (Å²) in [4.78, 5) is 11.0. The minimum Gasteiger partial charge on any atom is -0.508 e. The lowest BCUT2D eigenvalue weighted by Crippen LogP contribution is -2.40. The molecule has 1 N–H and O–H groups in total. The summed E-state index contributed by atoms with van der Waals surface area (Å²) in [6, 6.07) is 6.60. The highest BCUT2D eigenvalue weighted by Gasteiger charge is 2.46. The first-order valence-corrected chi connectivity index (χ1v) is 4.87. The third-order valence-electron chi connectivity index (χ3n) is 2.68. The van der Waals surface area contributed by atoms with Crippen LogP contribution in [0.5, 0.6) is 5.75 Å². The average Bonchev–Trinajstić information content (AvgIpc) is 2.13. The first-order valence-electron chi connectivity index (χ1n) is 4.49. The molecule has 1 aliphatic rings. The number of carbonyl (C=O) groups is 1. The second kappa shape index (κ2) is 3.25. The molecule has 15 heavy (non-hydrogen) atoms. The molecule has 76 valence electrons. The minimum absolute atomic E-state index is 0.0579. The number of phenolic OH excluding ortho intramolecular Hbond substituents is 1. The summed E-state index contributed by atoms with van der Waals surface area (Å²) in [6.45, 7) is 0. The fraction of sp³-hybridized carbons (Fsp3) is 0.273. The Labute approximate surface area is 91.9 Å². The van der Waals surface area contributed by atoms with Gasteiger partial charge in [-0.3, -0.25) is 4.79 Å². The third-order valence-corrected chi connectivity index (χ3v) is 2.99. The number of nitriles is 1. The van der Waals surface area contributed by atoms with Crippen LogP contribution >= 0.6 is 11.6 Å². The molecule has 1 saturated carbocycles. The molecule has 2 rings (SSSR count). The maximum Gasteiger partial charge on any atom is 0.136 e. The van der Waals surface area contributed by atoms with Gasteiger partial charge in [0, 0.05) is 17.9 Å². The zero-order chi connectivity index (χ0) is 11.1. The Morgan fingerprint density at radius 2 is 2.13 bits per heavy atom. The van der Waals surface area contributed by atoms with E-state index in [0.717, 1.165) is 0 Å². The summed E-state index contributed by atoms with van der Waals surface area (Å²) in [6.07, 6.45) is 0.433. The number of benzene rings is 1. The van der Waals surface area contributed by atoms with Crippen molar-refractivity contribution in [3.8, 4) is 11.8 Å². The van der Waals surface area contributed by atoms with Crippen LogP contribution in [0.25, 0.3) is 0 Å². The van der Waals surface area contributed by atoms with Crippen molar-refractivity contribution >= 4 is 17.4 Å². The van der Waals surface area contributed by atoms with Crippen LogP contribution < -0.4 is 0 Å². The second-order valence-corrected chi connectivity index (χ2v) is 4.16. The van der Waals surface area contributed by atoms with Crippen molar-refractivity contribution < 1.29 is 9.90 Å². The zero-order valence-corrected chi connectivity index (χ0v) is 8.58. The summed E-state index contributed by atoms with van der Waals surface area (Å²) in [5, 5.41) is 18.6. The van der Waals surface area contributed by atoms with Crippen LogP contribution in [0, 0.1) is 11.3 Å². The molecule has 0 spiro atoms. The molecule has 0 aromatic heterocycles. The molecule has 0 amide bonds. The van der Waals surface area contributed by atoms with Gasteiger partial charge in [0.2, 0.25) is 0 Å². The lowest BCUT2D eigenvalue weighted by atomic mass is 9.65. The summed E-state index contributed by atoms with van der Waals surface area (Å²) in [5.41, 5.74) is -0.147. The molecular weight excluding hydrogens is 214 g/mol. The van der Waals surface area contributed by atoms with E-state index in [1.54, 1.807) is 6.07 Å².